The number of halogens is 3. The molecule has 1 heterocycles. The molecule has 0 aromatic heterocycles. The molecule has 1 aliphatic rings. The molecule has 1 aromatic rings. The van der Waals surface area contributed by atoms with Crippen molar-refractivity contribution in [3.8, 4) is 0 Å². The average Bonchev–Trinajstić information content (AvgIpc) is 2.66. The van der Waals surface area contributed by atoms with E-state index in [0.717, 1.165) is 30.6 Å². The zero-order valence-corrected chi connectivity index (χ0v) is 18.8. The van der Waals surface area contributed by atoms with Gasteiger partial charge in [0, 0.05) is 10.8 Å². The Labute approximate surface area is 177 Å². The van der Waals surface area contributed by atoms with Gasteiger partial charge in [0.1, 0.15) is 0 Å². The Morgan fingerprint density at radius 2 is 1.69 bits per heavy atom. The standard InChI is InChI=1S/C23H35F3O2S/c1-4-5-6-7-8-9-14-29-21-13-12-18(15-20(21)23(24,25)26)10-11-19-16-27-22(2,3)28-17-19/h12-13,15,19H,4-11,14,16-17H2,1-3H3. The molecule has 0 atom stereocenters. The molecule has 1 fully saturated rings. The maximum Gasteiger partial charge on any atom is 0.417 e. The van der Waals surface area contributed by atoms with Crippen LogP contribution in [0.5, 0.6) is 0 Å². The van der Waals surface area contributed by atoms with Gasteiger partial charge in [-0.15, -0.1) is 11.8 Å². The summed E-state index contributed by atoms with van der Waals surface area (Å²) >= 11 is 1.33. The van der Waals surface area contributed by atoms with Gasteiger partial charge >= 0.3 is 6.18 Å². The lowest BCUT2D eigenvalue weighted by atomic mass is 9.98. The highest BCUT2D eigenvalue weighted by atomic mass is 32.2. The highest BCUT2D eigenvalue weighted by Crippen LogP contribution is 2.38. The molecule has 0 radical (unpaired) electrons. The molecule has 0 N–H and O–H groups in total. The Morgan fingerprint density at radius 1 is 1.03 bits per heavy atom. The normalized spacial score (nSPS) is 17.6. The molecule has 0 amide bonds. The van der Waals surface area contributed by atoms with Crippen LogP contribution in [-0.2, 0) is 22.1 Å². The van der Waals surface area contributed by atoms with E-state index in [0.29, 0.717) is 24.5 Å². The minimum Gasteiger partial charge on any atom is -0.350 e. The molecule has 0 saturated carbocycles. The number of unbranched alkanes of at least 4 members (excludes halogenated alkanes) is 5. The molecule has 1 aliphatic heterocycles. The van der Waals surface area contributed by atoms with Crippen LogP contribution in [0.15, 0.2) is 23.1 Å². The fourth-order valence-corrected chi connectivity index (χ4v) is 4.47. The summed E-state index contributed by atoms with van der Waals surface area (Å²) < 4.78 is 52.0. The van der Waals surface area contributed by atoms with Crippen LogP contribution in [0.4, 0.5) is 13.2 Å². The lowest BCUT2D eigenvalue weighted by molar-refractivity contribution is -0.262. The minimum atomic E-state index is -4.32. The van der Waals surface area contributed by atoms with Crippen LogP contribution in [0, 0.1) is 5.92 Å². The third-order valence-electron chi connectivity index (χ3n) is 5.28. The maximum absolute atomic E-state index is 13.6. The van der Waals surface area contributed by atoms with Gasteiger partial charge in [-0.05, 0) is 56.6 Å². The van der Waals surface area contributed by atoms with Crippen molar-refractivity contribution in [3.63, 3.8) is 0 Å². The van der Waals surface area contributed by atoms with Crippen LogP contribution in [0.3, 0.4) is 0 Å². The summed E-state index contributed by atoms with van der Waals surface area (Å²) in [6.45, 7) is 7.10. The van der Waals surface area contributed by atoms with E-state index in [1.807, 2.05) is 19.9 Å². The summed E-state index contributed by atoms with van der Waals surface area (Å²) in [4.78, 5) is 0.348. The van der Waals surface area contributed by atoms with E-state index in [2.05, 4.69) is 6.92 Å². The lowest BCUT2D eigenvalue weighted by Crippen LogP contribution is -2.39. The number of hydrogen-bond donors (Lipinski definition) is 0. The first kappa shape index (κ1) is 24.5. The van der Waals surface area contributed by atoms with Crippen molar-refractivity contribution >= 4 is 11.8 Å². The fraction of sp³-hybridized carbons (Fsp3) is 0.739. The van der Waals surface area contributed by atoms with Crippen molar-refractivity contribution in [2.24, 2.45) is 5.92 Å². The van der Waals surface area contributed by atoms with Crippen LogP contribution in [0.2, 0.25) is 0 Å². The van der Waals surface area contributed by atoms with Crippen LogP contribution in [0.1, 0.15) is 76.8 Å². The summed E-state index contributed by atoms with van der Waals surface area (Å²) in [5.41, 5.74) is 0.231. The van der Waals surface area contributed by atoms with E-state index in [-0.39, 0.29) is 5.92 Å². The van der Waals surface area contributed by atoms with E-state index in [4.69, 9.17) is 9.47 Å². The molecule has 1 aromatic carbocycles. The number of aryl methyl sites for hydroxylation is 1. The van der Waals surface area contributed by atoms with E-state index < -0.39 is 17.5 Å². The molecule has 0 aliphatic carbocycles. The third-order valence-corrected chi connectivity index (χ3v) is 6.44. The third kappa shape index (κ3) is 8.89. The second-order valence-electron chi connectivity index (χ2n) is 8.37. The molecule has 0 bridgehead atoms. The second-order valence-corrected chi connectivity index (χ2v) is 9.51. The van der Waals surface area contributed by atoms with Gasteiger partial charge in [-0.1, -0.05) is 45.1 Å². The summed E-state index contributed by atoms with van der Waals surface area (Å²) in [6, 6.07) is 4.82. The Balaban J connectivity index is 1.86. The molecular formula is C23H35F3O2S. The van der Waals surface area contributed by atoms with Gasteiger partial charge < -0.3 is 9.47 Å². The largest absolute Gasteiger partial charge is 0.417 e. The number of ether oxygens (including phenoxy) is 2. The Kier molecular flexibility index (Phi) is 9.83. The molecule has 0 unspecified atom stereocenters. The first-order chi connectivity index (χ1) is 13.7. The first-order valence-electron chi connectivity index (χ1n) is 10.8. The second kappa shape index (κ2) is 11.6. The summed E-state index contributed by atoms with van der Waals surface area (Å²) in [5.74, 6) is 0.398. The molecule has 2 rings (SSSR count). The summed E-state index contributed by atoms with van der Waals surface area (Å²) in [5, 5.41) is 0. The van der Waals surface area contributed by atoms with Crippen molar-refractivity contribution in [1.29, 1.82) is 0 Å². The predicted molar refractivity (Wildman–Crippen MR) is 113 cm³/mol. The highest BCUT2D eigenvalue weighted by molar-refractivity contribution is 7.99. The molecule has 1 saturated heterocycles. The number of thioether (sulfide) groups is 1. The Morgan fingerprint density at radius 3 is 2.34 bits per heavy atom. The maximum atomic E-state index is 13.6. The zero-order valence-electron chi connectivity index (χ0n) is 17.9. The lowest BCUT2D eigenvalue weighted by Gasteiger charge is -2.35. The van der Waals surface area contributed by atoms with E-state index >= 15 is 0 Å². The van der Waals surface area contributed by atoms with E-state index in [1.165, 1.54) is 43.5 Å². The molecule has 0 spiro atoms. The first-order valence-corrected chi connectivity index (χ1v) is 11.8. The molecule has 2 nitrogen and oxygen atoms in total. The van der Waals surface area contributed by atoms with Crippen molar-refractivity contribution < 1.29 is 22.6 Å². The molecule has 6 heteroatoms. The van der Waals surface area contributed by atoms with Gasteiger partial charge in [-0.2, -0.15) is 13.2 Å². The van der Waals surface area contributed by atoms with E-state index in [9.17, 15) is 13.2 Å². The molecule has 166 valence electrons. The van der Waals surface area contributed by atoms with E-state index in [1.54, 1.807) is 6.07 Å². The van der Waals surface area contributed by atoms with Crippen LogP contribution in [-0.4, -0.2) is 24.8 Å². The fourth-order valence-electron chi connectivity index (χ4n) is 3.41. The quantitative estimate of drug-likeness (QED) is 0.267. The molecular weight excluding hydrogens is 397 g/mol. The van der Waals surface area contributed by atoms with Gasteiger partial charge in [0.05, 0.1) is 18.8 Å². The monoisotopic (exact) mass is 432 g/mol. The summed E-state index contributed by atoms with van der Waals surface area (Å²) in [6.07, 6.45) is 3.93. The highest BCUT2D eigenvalue weighted by Gasteiger charge is 2.34. The molecule has 29 heavy (non-hydrogen) atoms. The Hall–Kier alpha value is -0.720. The summed E-state index contributed by atoms with van der Waals surface area (Å²) in [7, 11) is 0. The SMILES string of the molecule is CCCCCCCCSc1ccc(CCC2COC(C)(C)OC2)cc1C(F)(F)F. The number of benzene rings is 1. The van der Waals surface area contributed by atoms with Gasteiger partial charge in [0.15, 0.2) is 5.79 Å². The zero-order chi connectivity index (χ0) is 21.3. The number of hydrogen-bond acceptors (Lipinski definition) is 3. The predicted octanol–water partition coefficient (Wildman–Crippen LogP) is 7.49. The van der Waals surface area contributed by atoms with Gasteiger partial charge in [-0.25, -0.2) is 0 Å². The van der Waals surface area contributed by atoms with Crippen LogP contribution in [0.25, 0.3) is 0 Å². The van der Waals surface area contributed by atoms with Crippen molar-refractivity contribution in [2.45, 2.75) is 89.0 Å². The van der Waals surface area contributed by atoms with Crippen LogP contribution < -0.4 is 0 Å². The minimum absolute atomic E-state index is 0.221. The average molecular weight is 433 g/mol. The van der Waals surface area contributed by atoms with Gasteiger partial charge in [-0.3, -0.25) is 0 Å². The topological polar surface area (TPSA) is 18.5 Å². The van der Waals surface area contributed by atoms with Crippen molar-refractivity contribution in [2.75, 3.05) is 19.0 Å². The van der Waals surface area contributed by atoms with Gasteiger partial charge in [0.2, 0.25) is 0 Å². The Bertz CT molecular complexity index is 607. The van der Waals surface area contributed by atoms with Crippen LogP contribution >= 0.6 is 11.8 Å². The van der Waals surface area contributed by atoms with Crippen molar-refractivity contribution in [3.05, 3.63) is 29.3 Å². The smallest absolute Gasteiger partial charge is 0.350 e. The van der Waals surface area contributed by atoms with Gasteiger partial charge in [0.25, 0.3) is 0 Å². The number of alkyl halides is 3. The van der Waals surface area contributed by atoms with Crippen molar-refractivity contribution in [1.82, 2.24) is 0 Å². The number of rotatable bonds is 11.